The number of aliphatic hydroxyl groups is 1. The molecule has 6 heteroatoms. The summed E-state index contributed by atoms with van der Waals surface area (Å²) in [7, 11) is 0. The third kappa shape index (κ3) is 5.72. The van der Waals surface area contributed by atoms with Crippen LogP contribution in [-0.4, -0.2) is 49.3 Å². The molecule has 0 unspecified atom stereocenters. The molecule has 27 heavy (non-hydrogen) atoms. The van der Waals surface area contributed by atoms with Crippen molar-refractivity contribution in [3.05, 3.63) is 81.9 Å². The largest absolute Gasteiger partial charge is 0.382 e. The second-order valence-corrected chi connectivity index (χ2v) is 7.09. The minimum absolute atomic E-state index is 0.0547. The summed E-state index contributed by atoms with van der Waals surface area (Å²) in [6.45, 7) is 5.89. The van der Waals surface area contributed by atoms with Gasteiger partial charge in [0, 0.05) is 12.1 Å². The SMILES string of the molecule is O=[N+]([O-])c1ccc([C@@H](O)C[NH+]2CC[NH+](C/C=C/c3ccccc3)CC2)cc1. The van der Waals surface area contributed by atoms with Gasteiger partial charge in [0.05, 0.1) is 11.5 Å². The molecule has 1 heterocycles. The number of nitro groups is 1. The highest BCUT2D eigenvalue weighted by Gasteiger charge is 2.25. The van der Waals surface area contributed by atoms with E-state index in [0.29, 0.717) is 6.54 Å². The Morgan fingerprint density at radius 2 is 1.63 bits per heavy atom. The van der Waals surface area contributed by atoms with E-state index in [0.717, 1.165) is 38.3 Å². The Morgan fingerprint density at radius 3 is 2.26 bits per heavy atom. The van der Waals surface area contributed by atoms with E-state index in [1.165, 1.54) is 22.6 Å². The van der Waals surface area contributed by atoms with E-state index in [-0.39, 0.29) is 5.69 Å². The number of quaternary nitrogens is 2. The van der Waals surface area contributed by atoms with Crippen LogP contribution in [0.4, 0.5) is 5.69 Å². The number of aliphatic hydroxyl groups excluding tert-OH is 1. The molecule has 1 fully saturated rings. The van der Waals surface area contributed by atoms with E-state index in [4.69, 9.17) is 0 Å². The zero-order valence-corrected chi connectivity index (χ0v) is 15.4. The number of rotatable bonds is 7. The molecular weight excluding hydrogens is 342 g/mol. The van der Waals surface area contributed by atoms with E-state index in [2.05, 4.69) is 24.3 Å². The van der Waals surface area contributed by atoms with Gasteiger partial charge < -0.3 is 14.9 Å². The molecular formula is C21H27N3O3+2. The minimum Gasteiger partial charge on any atom is -0.382 e. The maximum absolute atomic E-state index is 10.7. The lowest BCUT2D eigenvalue weighted by atomic mass is 10.1. The fourth-order valence-electron chi connectivity index (χ4n) is 3.50. The van der Waals surface area contributed by atoms with Crippen molar-refractivity contribution < 1.29 is 19.8 Å². The number of hydrogen-bond donors (Lipinski definition) is 3. The average molecular weight is 369 g/mol. The first-order chi connectivity index (χ1) is 13.1. The number of nitrogens with one attached hydrogen (secondary N) is 2. The van der Waals surface area contributed by atoms with Crippen LogP contribution in [0.3, 0.4) is 0 Å². The predicted molar refractivity (Wildman–Crippen MR) is 105 cm³/mol. The Labute approximate surface area is 159 Å². The van der Waals surface area contributed by atoms with Gasteiger partial charge in [-0.15, -0.1) is 0 Å². The Bertz CT molecular complexity index is 754. The zero-order chi connectivity index (χ0) is 19.1. The fraction of sp³-hybridized carbons (Fsp3) is 0.333. The predicted octanol–water partition coefficient (Wildman–Crippen LogP) is 0.125. The lowest BCUT2D eigenvalue weighted by molar-refractivity contribution is -1.01. The quantitative estimate of drug-likeness (QED) is 0.480. The molecule has 0 saturated carbocycles. The summed E-state index contributed by atoms with van der Waals surface area (Å²) >= 11 is 0. The lowest BCUT2D eigenvalue weighted by Gasteiger charge is -2.30. The summed E-state index contributed by atoms with van der Waals surface area (Å²) in [5.41, 5.74) is 2.03. The summed E-state index contributed by atoms with van der Waals surface area (Å²) in [5, 5.41) is 21.1. The van der Waals surface area contributed by atoms with Crippen LogP contribution in [0.15, 0.2) is 60.7 Å². The first-order valence-electron chi connectivity index (χ1n) is 9.43. The van der Waals surface area contributed by atoms with Crippen molar-refractivity contribution in [2.75, 3.05) is 39.3 Å². The standard InChI is InChI=1S/C21H25N3O3/c25-21(19-8-10-20(11-9-19)24(26)27)17-23-15-13-22(14-16-23)12-4-7-18-5-2-1-3-6-18/h1-11,21,25H,12-17H2/p+2/b7-4+/t21-/m0/s1. The molecule has 0 aromatic heterocycles. The molecule has 1 atom stereocenters. The van der Waals surface area contributed by atoms with Gasteiger partial charge in [0.15, 0.2) is 0 Å². The molecule has 0 spiro atoms. The fourth-order valence-corrected chi connectivity index (χ4v) is 3.50. The van der Waals surface area contributed by atoms with Crippen LogP contribution >= 0.6 is 0 Å². The molecule has 1 aliphatic heterocycles. The van der Waals surface area contributed by atoms with E-state index in [1.807, 2.05) is 18.2 Å². The first-order valence-corrected chi connectivity index (χ1v) is 9.43. The molecule has 3 rings (SSSR count). The number of nitro benzene ring substituents is 1. The molecule has 0 aliphatic carbocycles. The number of nitrogens with zero attached hydrogens (tertiary/aromatic N) is 1. The van der Waals surface area contributed by atoms with Crippen LogP contribution in [-0.2, 0) is 0 Å². The van der Waals surface area contributed by atoms with E-state index in [1.54, 1.807) is 17.0 Å². The number of piperazine rings is 1. The van der Waals surface area contributed by atoms with E-state index < -0.39 is 11.0 Å². The van der Waals surface area contributed by atoms with E-state index in [9.17, 15) is 15.2 Å². The van der Waals surface area contributed by atoms with Crippen molar-refractivity contribution in [3.8, 4) is 0 Å². The smallest absolute Gasteiger partial charge is 0.269 e. The van der Waals surface area contributed by atoms with Crippen LogP contribution < -0.4 is 9.80 Å². The Kier molecular flexibility index (Phi) is 6.70. The Balaban J connectivity index is 1.42. The monoisotopic (exact) mass is 369 g/mol. The third-order valence-corrected chi connectivity index (χ3v) is 5.15. The third-order valence-electron chi connectivity index (χ3n) is 5.15. The first kappa shape index (κ1) is 19.2. The summed E-state index contributed by atoms with van der Waals surface area (Å²) < 4.78 is 0. The summed E-state index contributed by atoms with van der Waals surface area (Å²) in [6, 6.07) is 16.5. The molecule has 2 aromatic rings. The van der Waals surface area contributed by atoms with Crippen LogP contribution in [0, 0.1) is 10.1 Å². The number of non-ortho nitro benzene ring substituents is 1. The van der Waals surface area contributed by atoms with Crippen LogP contribution in [0.25, 0.3) is 6.08 Å². The highest BCUT2D eigenvalue weighted by molar-refractivity contribution is 5.48. The number of hydrogen-bond acceptors (Lipinski definition) is 3. The molecule has 1 aliphatic rings. The Hall–Kier alpha value is -2.54. The van der Waals surface area contributed by atoms with Gasteiger partial charge in [0.25, 0.3) is 5.69 Å². The van der Waals surface area contributed by atoms with Gasteiger partial charge in [-0.1, -0.05) is 36.4 Å². The molecule has 6 nitrogen and oxygen atoms in total. The van der Waals surface area contributed by atoms with Gasteiger partial charge in [-0.3, -0.25) is 10.1 Å². The topological polar surface area (TPSA) is 72.2 Å². The van der Waals surface area contributed by atoms with Gasteiger partial charge in [-0.05, 0) is 29.3 Å². The highest BCUT2D eigenvalue weighted by Crippen LogP contribution is 2.16. The molecule has 0 radical (unpaired) electrons. The van der Waals surface area contributed by atoms with Crippen molar-refractivity contribution in [3.63, 3.8) is 0 Å². The molecule has 142 valence electrons. The normalized spacial score (nSPS) is 21.2. The van der Waals surface area contributed by atoms with Crippen molar-refractivity contribution in [1.29, 1.82) is 0 Å². The minimum atomic E-state index is -0.583. The molecule has 1 saturated heterocycles. The maximum Gasteiger partial charge on any atom is 0.269 e. The van der Waals surface area contributed by atoms with Crippen LogP contribution in [0.5, 0.6) is 0 Å². The molecule has 2 aromatic carbocycles. The number of benzene rings is 2. The second-order valence-electron chi connectivity index (χ2n) is 7.09. The van der Waals surface area contributed by atoms with Crippen LogP contribution in [0.2, 0.25) is 0 Å². The van der Waals surface area contributed by atoms with Gasteiger partial charge >= 0.3 is 0 Å². The molecule has 3 N–H and O–H groups in total. The van der Waals surface area contributed by atoms with Gasteiger partial charge in [-0.25, -0.2) is 0 Å². The summed E-state index contributed by atoms with van der Waals surface area (Å²) in [4.78, 5) is 13.2. The second kappa shape index (κ2) is 9.41. The summed E-state index contributed by atoms with van der Waals surface area (Å²) in [5.74, 6) is 0. The van der Waals surface area contributed by atoms with Gasteiger partial charge in [-0.2, -0.15) is 0 Å². The Morgan fingerprint density at radius 1 is 1.00 bits per heavy atom. The van der Waals surface area contributed by atoms with E-state index >= 15 is 0 Å². The van der Waals surface area contributed by atoms with Gasteiger partial charge in [0.1, 0.15) is 38.8 Å². The summed E-state index contributed by atoms with van der Waals surface area (Å²) in [6.07, 6.45) is 3.83. The maximum atomic E-state index is 10.7. The van der Waals surface area contributed by atoms with Crippen molar-refractivity contribution >= 4 is 11.8 Å². The molecule has 0 bridgehead atoms. The van der Waals surface area contributed by atoms with Gasteiger partial charge in [0.2, 0.25) is 0 Å². The van der Waals surface area contributed by atoms with Crippen molar-refractivity contribution in [1.82, 2.24) is 0 Å². The zero-order valence-electron chi connectivity index (χ0n) is 15.4. The average Bonchev–Trinajstić information content (AvgIpc) is 2.70. The van der Waals surface area contributed by atoms with Crippen molar-refractivity contribution in [2.24, 2.45) is 0 Å². The lowest BCUT2D eigenvalue weighted by Crippen LogP contribution is -3.28. The highest BCUT2D eigenvalue weighted by atomic mass is 16.6. The van der Waals surface area contributed by atoms with Crippen molar-refractivity contribution in [2.45, 2.75) is 6.10 Å². The van der Waals surface area contributed by atoms with Crippen LogP contribution in [0.1, 0.15) is 17.2 Å². The molecule has 0 amide bonds.